The number of halogens is 2. The first-order valence-electron chi connectivity index (χ1n) is 12.2. The molecule has 0 aliphatic heterocycles. The van der Waals surface area contributed by atoms with Crippen LogP contribution in [0.1, 0.15) is 16.7 Å². The predicted molar refractivity (Wildman–Crippen MR) is 159 cm³/mol. The van der Waals surface area contributed by atoms with Gasteiger partial charge in [-0.15, -0.1) is 0 Å². The van der Waals surface area contributed by atoms with E-state index in [1.807, 2.05) is 36.4 Å². The Hall–Kier alpha value is -4.20. The highest BCUT2D eigenvalue weighted by Crippen LogP contribution is 2.30. The molecule has 8 heteroatoms. The lowest BCUT2D eigenvalue weighted by molar-refractivity contribution is 0.304. The lowest BCUT2D eigenvalue weighted by Gasteiger charge is -2.10. The molecule has 6 aromatic rings. The van der Waals surface area contributed by atoms with Crippen LogP contribution in [0.5, 0.6) is 5.75 Å². The van der Waals surface area contributed by atoms with Gasteiger partial charge in [0.05, 0.1) is 21.6 Å². The Balaban J connectivity index is 1.35. The molecule has 0 bridgehead atoms. The van der Waals surface area contributed by atoms with E-state index in [2.05, 4.69) is 40.1 Å². The van der Waals surface area contributed by atoms with Crippen molar-refractivity contribution in [2.45, 2.75) is 13.5 Å². The molecule has 0 saturated carbocycles. The molecule has 0 fully saturated rings. The average Bonchev–Trinajstić information content (AvgIpc) is 3.35. The van der Waals surface area contributed by atoms with Crippen LogP contribution in [-0.4, -0.2) is 15.9 Å². The number of hydrogen-bond donors (Lipinski definition) is 0. The minimum atomic E-state index is -0.303. The van der Waals surface area contributed by atoms with Gasteiger partial charge >= 0.3 is 0 Å². The van der Waals surface area contributed by atoms with E-state index in [1.54, 1.807) is 48.7 Å². The van der Waals surface area contributed by atoms with Gasteiger partial charge in [0, 0.05) is 10.4 Å². The van der Waals surface area contributed by atoms with Crippen LogP contribution in [0.2, 0.25) is 5.02 Å². The molecule has 0 aliphatic rings. The number of ether oxygens (including phenoxy) is 1. The Morgan fingerprint density at radius 3 is 2.74 bits per heavy atom. The largest absolute Gasteiger partial charge is 0.488 e. The Kier molecular flexibility index (Phi) is 6.77. The van der Waals surface area contributed by atoms with Crippen molar-refractivity contribution in [3.63, 3.8) is 0 Å². The van der Waals surface area contributed by atoms with Gasteiger partial charge in [-0.1, -0.05) is 53.6 Å². The van der Waals surface area contributed by atoms with Crippen LogP contribution >= 0.6 is 27.5 Å². The molecule has 0 spiro atoms. The molecule has 0 N–H and O–H groups in total. The van der Waals surface area contributed by atoms with Gasteiger partial charge in [0.25, 0.3) is 5.56 Å². The molecule has 6 rings (SSSR count). The van der Waals surface area contributed by atoms with Crippen molar-refractivity contribution < 1.29 is 9.15 Å². The Labute approximate surface area is 237 Å². The van der Waals surface area contributed by atoms with Gasteiger partial charge in [0.15, 0.2) is 5.76 Å². The molecule has 0 aliphatic carbocycles. The molecule has 39 heavy (non-hydrogen) atoms. The van der Waals surface area contributed by atoms with E-state index >= 15 is 0 Å². The summed E-state index contributed by atoms with van der Waals surface area (Å²) in [7, 11) is 0. The second-order valence-corrected chi connectivity index (χ2v) is 10.4. The number of para-hydroxylation sites is 1. The maximum Gasteiger partial charge on any atom is 0.282 e. The summed E-state index contributed by atoms with van der Waals surface area (Å²) in [5.41, 5.74) is 3.94. The Morgan fingerprint density at radius 1 is 1.03 bits per heavy atom. The maximum absolute atomic E-state index is 13.5. The van der Waals surface area contributed by atoms with Crippen LogP contribution < -0.4 is 10.3 Å². The molecule has 6 nitrogen and oxygen atoms in total. The van der Waals surface area contributed by atoms with Gasteiger partial charge in [-0.25, -0.2) is 4.98 Å². The number of benzene rings is 4. The number of rotatable bonds is 6. The Bertz CT molecular complexity index is 1940. The second-order valence-electron chi connectivity index (χ2n) is 9.07. The predicted octanol–water partition coefficient (Wildman–Crippen LogP) is 8.00. The van der Waals surface area contributed by atoms with E-state index in [0.717, 1.165) is 21.0 Å². The number of nitrogens with zero attached hydrogens (tertiary/aromatic N) is 3. The van der Waals surface area contributed by atoms with Crippen LogP contribution in [-0.2, 0) is 6.61 Å². The van der Waals surface area contributed by atoms with E-state index in [0.29, 0.717) is 45.4 Å². The molecule has 4 aromatic carbocycles. The maximum atomic E-state index is 13.5. The fourth-order valence-electron chi connectivity index (χ4n) is 4.32. The minimum absolute atomic E-state index is 0.291. The highest BCUT2D eigenvalue weighted by molar-refractivity contribution is 9.10. The highest BCUT2D eigenvalue weighted by Gasteiger charge is 2.16. The number of aromatic nitrogens is 2. The molecular formula is C31H21BrClN3O3. The summed E-state index contributed by atoms with van der Waals surface area (Å²) in [6, 6.07) is 28.1. The SMILES string of the molecule is Cc1cccc(COc2ccc(C=Nn3c(-c4cc5cc(Cl)ccc5o4)nc4ccccc4c3=O)cc2Br)c1. The van der Waals surface area contributed by atoms with Crippen molar-refractivity contribution in [1.29, 1.82) is 0 Å². The van der Waals surface area contributed by atoms with E-state index in [1.165, 1.54) is 10.2 Å². The number of fused-ring (bicyclic) bond motifs is 2. The summed E-state index contributed by atoms with van der Waals surface area (Å²) in [4.78, 5) is 18.2. The third-order valence-corrected chi connectivity index (χ3v) is 7.06. The number of hydrogen-bond acceptors (Lipinski definition) is 5. The van der Waals surface area contributed by atoms with Crippen molar-refractivity contribution in [2.75, 3.05) is 0 Å². The van der Waals surface area contributed by atoms with Crippen LogP contribution in [0.4, 0.5) is 0 Å². The first-order chi connectivity index (χ1) is 18.9. The molecule has 0 unspecified atom stereocenters. The molecule has 2 aromatic heterocycles. The van der Waals surface area contributed by atoms with Crippen LogP contribution in [0, 0.1) is 6.92 Å². The smallest absolute Gasteiger partial charge is 0.282 e. The topological polar surface area (TPSA) is 69.6 Å². The molecule has 0 saturated heterocycles. The zero-order valence-corrected chi connectivity index (χ0v) is 23.1. The summed E-state index contributed by atoms with van der Waals surface area (Å²) < 4.78 is 14.1. The van der Waals surface area contributed by atoms with E-state index in [4.69, 9.17) is 25.7 Å². The first-order valence-corrected chi connectivity index (χ1v) is 13.4. The zero-order valence-electron chi connectivity index (χ0n) is 20.8. The molecule has 192 valence electrons. The van der Waals surface area contributed by atoms with Gasteiger partial charge in [-0.2, -0.15) is 9.78 Å². The van der Waals surface area contributed by atoms with Crippen LogP contribution in [0.15, 0.2) is 110 Å². The summed E-state index contributed by atoms with van der Waals surface area (Å²) >= 11 is 9.75. The second kappa shape index (κ2) is 10.5. The van der Waals surface area contributed by atoms with E-state index < -0.39 is 0 Å². The minimum Gasteiger partial charge on any atom is -0.488 e. The third-order valence-electron chi connectivity index (χ3n) is 6.21. The van der Waals surface area contributed by atoms with Gasteiger partial charge in [0.2, 0.25) is 5.82 Å². The Morgan fingerprint density at radius 2 is 1.90 bits per heavy atom. The zero-order chi connectivity index (χ0) is 26.9. The number of furan rings is 1. The first kappa shape index (κ1) is 25.1. The van der Waals surface area contributed by atoms with Gasteiger partial charge in [-0.05, 0) is 88.6 Å². The van der Waals surface area contributed by atoms with Crippen molar-refractivity contribution >= 4 is 55.6 Å². The molecule has 0 radical (unpaired) electrons. The molecular weight excluding hydrogens is 578 g/mol. The normalized spacial score (nSPS) is 11.6. The average molecular weight is 599 g/mol. The third kappa shape index (κ3) is 5.24. The summed E-state index contributed by atoms with van der Waals surface area (Å²) in [6.07, 6.45) is 1.61. The molecule has 0 amide bonds. The fraction of sp³-hybridized carbons (Fsp3) is 0.0645. The quantitative estimate of drug-likeness (QED) is 0.182. The number of aryl methyl sites for hydroxylation is 1. The summed E-state index contributed by atoms with van der Waals surface area (Å²) in [5, 5.41) is 6.39. The van der Waals surface area contributed by atoms with Crippen molar-refractivity contribution in [2.24, 2.45) is 5.10 Å². The summed E-state index contributed by atoms with van der Waals surface area (Å²) in [5.74, 6) is 1.41. The van der Waals surface area contributed by atoms with Gasteiger partial charge in [0.1, 0.15) is 17.9 Å². The fourth-order valence-corrected chi connectivity index (χ4v) is 5.01. The molecule has 2 heterocycles. The van der Waals surface area contributed by atoms with Crippen molar-refractivity contribution in [1.82, 2.24) is 9.66 Å². The van der Waals surface area contributed by atoms with Crippen molar-refractivity contribution in [3.05, 3.63) is 128 Å². The highest BCUT2D eigenvalue weighted by atomic mass is 79.9. The molecule has 0 atom stereocenters. The summed E-state index contributed by atoms with van der Waals surface area (Å²) in [6.45, 7) is 2.51. The monoisotopic (exact) mass is 597 g/mol. The standard InChI is InChI=1S/C31H21BrClN3O3/c1-19-5-4-6-21(13-19)18-38-28-11-9-20(14-25(28)32)17-34-36-30(35-26-8-3-2-7-24(26)31(36)37)29-16-22-15-23(33)10-12-27(22)39-29/h2-17H,18H2,1H3. The lowest BCUT2D eigenvalue weighted by Crippen LogP contribution is -2.20. The lowest BCUT2D eigenvalue weighted by atomic mass is 10.1. The van der Waals surface area contributed by atoms with Gasteiger partial charge in [-0.3, -0.25) is 4.79 Å². The van der Waals surface area contributed by atoms with Gasteiger partial charge < -0.3 is 9.15 Å². The van der Waals surface area contributed by atoms with Crippen molar-refractivity contribution in [3.8, 4) is 17.3 Å². The van der Waals surface area contributed by atoms with Crippen LogP contribution in [0.3, 0.4) is 0 Å². The van der Waals surface area contributed by atoms with E-state index in [9.17, 15) is 4.79 Å². The van der Waals surface area contributed by atoms with E-state index in [-0.39, 0.29) is 5.56 Å². The van der Waals surface area contributed by atoms with Crippen LogP contribution in [0.25, 0.3) is 33.5 Å².